The van der Waals surface area contributed by atoms with Crippen LogP contribution >= 0.6 is 0 Å². The molecule has 3 nitrogen and oxygen atoms in total. The first-order valence-corrected chi connectivity index (χ1v) is 7.81. The van der Waals surface area contributed by atoms with Crippen LogP contribution in [0.4, 0.5) is 0 Å². The molecule has 21 heavy (non-hydrogen) atoms. The Morgan fingerprint density at radius 2 is 1.90 bits per heavy atom. The monoisotopic (exact) mass is 281 g/mol. The maximum atomic E-state index is 5.88. The lowest BCUT2D eigenvalue weighted by Crippen LogP contribution is -2.30. The fourth-order valence-electron chi connectivity index (χ4n) is 3.46. The number of benzene rings is 1. The number of hydrogen-bond donors (Lipinski definition) is 1. The molecule has 1 saturated heterocycles. The maximum absolute atomic E-state index is 5.88. The smallest absolute Gasteiger partial charge is 0.0366 e. The van der Waals surface area contributed by atoms with Crippen LogP contribution in [0.5, 0.6) is 0 Å². The van der Waals surface area contributed by atoms with Gasteiger partial charge in [0.1, 0.15) is 0 Å². The van der Waals surface area contributed by atoms with Crippen molar-refractivity contribution in [3.05, 3.63) is 66.0 Å². The molecule has 2 atom stereocenters. The van der Waals surface area contributed by atoms with Gasteiger partial charge in [0.2, 0.25) is 0 Å². The van der Waals surface area contributed by atoms with Crippen LogP contribution in [-0.2, 0) is 0 Å². The van der Waals surface area contributed by atoms with Gasteiger partial charge in [0.25, 0.3) is 0 Å². The summed E-state index contributed by atoms with van der Waals surface area (Å²) < 4.78 is 0. The van der Waals surface area contributed by atoms with E-state index in [-0.39, 0.29) is 0 Å². The van der Waals surface area contributed by atoms with Crippen LogP contribution < -0.4 is 5.73 Å². The lowest BCUT2D eigenvalue weighted by molar-refractivity contribution is 0.173. The van der Waals surface area contributed by atoms with Crippen molar-refractivity contribution in [2.75, 3.05) is 13.1 Å². The summed E-state index contributed by atoms with van der Waals surface area (Å²) >= 11 is 0. The van der Waals surface area contributed by atoms with Crippen molar-refractivity contribution in [2.24, 2.45) is 5.73 Å². The second kappa shape index (κ2) is 6.83. The fourth-order valence-corrected chi connectivity index (χ4v) is 3.46. The predicted octanol–water partition coefficient (Wildman–Crippen LogP) is 3.31. The summed E-state index contributed by atoms with van der Waals surface area (Å²) in [6, 6.07) is 16.0. The molecule has 1 aromatic heterocycles. The number of hydrogen-bond acceptors (Lipinski definition) is 3. The van der Waals surface area contributed by atoms with Crippen LogP contribution in [-0.4, -0.2) is 23.0 Å². The van der Waals surface area contributed by atoms with Crippen molar-refractivity contribution in [2.45, 2.75) is 31.3 Å². The number of likely N-dealkylation sites (tertiary alicyclic amines) is 1. The molecule has 0 bridgehead atoms. The molecule has 0 aliphatic carbocycles. The van der Waals surface area contributed by atoms with Crippen LogP contribution in [0.25, 0.3) is 0 Å². The molecule has 1 aromatic carbocycles. The highest BCUT2D eigenvalue weighted by Gasteiger charge is 2.31. The van der Waals surface area contributed by atoms with Gasteiger partial charge in [-0.2, -0.15) is 0 Å². The van der Waals surface area contributed by atoms with Crippen LogP contribution in [0, 0.1) is 0 Å². The summed E-state index contributed by atoms with van der Waals surface area (Å²) in [4.78, 5) is 6.77. The van der Waals surface area contributed by atoms with Gasteiger partial charge in [0, 0.05) is 24.5 Å². The normalized spacial score (nSPS) is 20.5. The highest BCUT2D eigenvalue weighted by molar-refractivity contribution is 5.22. The second-order valence-corrected chi connectivity index (χ2v) is 5.68. The molecular formula is C18H23N3. The minimum absolute atomic E-state index is 0.414. The Kier molecular flexibility index (Phi) is 4.63. The van der Waals surface area contributed by atoms with E-state index in [0.717, 1.165) is 19.5 Å². The average Bonchev–Trinajstić information content (AvgIpc) is 3.03. The van der Waals surface area contributed by atoms with E-state index in [1.54, 1.807) is 0 Å². The highest BCUT2D eigenvalue weighted by Crippen LogP contribution is 2.39. The Morgan fingerprint density at radius 1 is 1.14 bits per heavy atom. The first-order chi connectivity index (χ1) is 10.4. The lowest BCUT2D eigenvalue weighted by atomic mass is 9.98. The quantitative estimate of drug-likeness (QED) is 0.914. The van der Waals surface area contributed by atoms with Gasteiger partial charge in [-0.3, -0.25) is 9.88 Å². The number of rotatable bonds is 5. The molecule has 2 N–H and O–H groups in total. The van der Waals surface area contributed by atoms with Crippen LogP contribution in [0.1, 0.15) is 42.5 Å². The molecule has 2 heterocycles. The lowest BCUT2D eigenvalue weighted by Gasteiger charge is -2.33. The van der Waals surface area contributed by atoms with Gasteiger partial charge in [0.15, 0.2) is 0 Å². The Balaban J connectivity index is 1.88. The molecular weight excluding hydrogens is 258 g/mol. The van der Waals surface area contributed by atoms with E-state index in [4.69, 9.17) is 5.73 Å². The number of aromatic nitrogens is 1. The minimum atomic E-state index is 0.414. The summed E-state index contributed by atoms with van der Waals surface area (Å²) in [7, 11) is 0. The van der Waals surface area contributed by atoms with Crippen molar-refractivity contribution in [3.63, 3.8) is 0 Å². The summed E-state index contributed by atoms with van der Waals surface area (Å²) in [5.74, 6) is 0. The highest BCUT2D eigenvalue weighted by atomic mass is 15.2. The van der Waals surface area contributed by atoms with Gasteiger partial charge in [-0.05, 0) is 55.6 Å². The van der Waals surface area contributed by atoms with Gasteiger partial charge in [-0.25, -0.2) is 0 Å². The summed E-state index contributed by atoms with van der Waals surface area (Å²) in [5.41, 5.74) is 8.64. The SMILES string of the molecule is NCCC(c1ccccc1)N1CCCC1c1ccncc1. The van der Waals surface area contributed by atoms with Gasteiger partial charge >= 0.3 is 0 Å². The maximum Gasteiger partial charge on any atom is 0.0366 e. The number of nitrogens with two attached hydrogens (primary N) is 1. The van der Waals surface area contributed by atoms with Crippen molar-refractivity contribution in [1.82, 2.24) is 9.88 Å². The van der Waals surface area contributed by atoms with E-state index in [9.17, 15) is 0 Å². The van der Waals surface area contributed by atoms with E-state index in [1.807, 2.05) is 12.4 Å². The second-order valence-electron chi connectivity index (χ2n) is 5.68. The summed E-state index contributed by atoms with van der Waals surface area (Å²) in [6.45, 7) is 1.87. The standard InChI is InChI=1S/C18H23N3/c19-11-8-18(15-5-2-1-3-6-15)21-14-4-7-17(21)16-9-12-20-13-10-16/h1-3,5-6,9-10,12-13,17-18H,4,7-8,11,14,19H2. The molecule has 2 aromatic rings. The zero-order valence-corrected chi connectivity index (χ0v) is 12.4. The van der Waals surface area contributed by atoms with Crippen molar-refractivity contribution >= 4 is 0 Å². The molecule has 0 saturated carbocycles. The molecule has 0 spiro atoms. The average molecular weight is 281 g/mol. The molecule has 3 heteroatoms. The molecule has 0 amide bonds. The van der Waals surface area contributed by atoms with Gasteiger partial charge in [0.05, 0.1) is 0 Å². The zero-order valence-electron chi connectivity index (χ0n) is 12.4. The first-order valence-electron chi connectivity index (χ1n) is 7.81. The fraction of sp³-hybridized carbons (Fsp3) is 0.389. The van der Waals surface area contributed by atoms with Crippen molar-refractivity contribution in [1.29, 1.82) is 0 Å². The van der Waals surface area contributed by atoms with Crippen LogP contribution in [0.3, 0.4) is 0 Å². The number of nitrogens with zero attached hydrogens (tertiary/aromatic N) is 2. The van der Waals surface area contributed by atoms with Crippen LogP contribution in [0.2, 0.25) is 0 Å². The molecule has 1 aliphatic rings. The molecule has 110 valence electrons. The van der Waals surface area contributed by atoms with Gasteiger partial charge in [-0.1, -0.05) is 30.3 Å². The van der Waals surface area contributed by atoms with Gasteiger partial charge in [-0.15, -0.1) is 0 Å². The minimum Gasteiger partial charge on any atom is -0.330 e. The first kappa shape index (κ1) is 14.2. The third-order valence-electron chi connectivity index (χ3n) is 4.41. The molecule has 1 fully saturated rings. The summed E-state index contributed by atoms with van der Waals surface area (Å²) in [5, 5.41) is 0. The Labute approximate surface area is 126 Å². The Morgan fingerprint density at radius 3 is 2.62 bits per heavy atom. The van der Waals surface area contributed by atoms with Crippen molar-refractivity contribution in [3.8, 4) is 0 Å². The van der Waals surface area contributed by atoms with E-state index < -0.39 is 0 Å². The molecule has 1 aliphatic heterocycles. The molecule has 2 unspecified atom stereocenters. The summed E-state index contributed by atoms with van der Waals surface area (Å²) in [6.07, 6.45) is 7.27. The third-order valence-corrected chi connectivity index (χ3v) is 4.41. The third kappa shape index (κ3) is 3.14. The van der Waals surface area contributed by atoms with Gasteiger partial charge < -0.3 is 5.73 Å². The number of pyridine rings is 1. The van der Waals surface area contributed by atoms with Crippen molar-refractivity contribution < 1.29 is 0 Å². The predicted molar refractivity (Wildman–Crippen MR) is 85.8 cm³/mol. The van der Waals surface area contributed by atoms with E-state index >= 15 is 0 Å². The topological polar surface area (TPSA) is 42.1 Å². The Bertz CT molecular complexity index is 541. The molecule has 0 radical (unpaired) electrons. The van der Waals surface area contributed by atoms with Crippen LogP contribution in [0.15, 0.2) is 54.9 Å². The Hall–Kier alpha value is -1.71. The largest absolute Gasteiger partial charge is 0.330 e. The van der Waals surface area contributed by atoms with E-state index in [0.29, 0.717) is 12.1 Å². The zero-order chi connectivity index (χ0) is 14.5. The van der Waals surface area contributed by atoms with E-state index in [2.05, 4.69) is 52.3 Å². The van der Waals surface area contributed by atoms with E-state index in [1.165, 1.54) is 24.0 Å². The molecule has 3 rings (SSSR count).